The van der Waals surface area contributed by atoms with E-state index in [1.807, 2.05) is 54.6 Å². The van der Waals surface area contributed by atoms with Gasteiger partial charge in [0, 0.05) is 44.1 Å². The number of thiophene rings is 1. The van der Waals surface area contributed by atoms with Gasteiger partial charge in [0.1, 0.15) is 23.9 Å². The zero-order valence-electron chi connectivity index (χ0n) is 29.9. The van der Waals surface area contributed by atoms with Crippen LogP contribution in [0.2, 0.25) is 0 Å². The fraction of sp³-hybridized carbons (Fsp3) is 0.188. The van der Waals surface area contributed by atoms with Gasteiger partial charge in [-0.2, -0.15) is 0 Å². The molecule has 0 radical (unpaired) electrons. The van der Waals surface area contributed by atoms with Crippen LogP contribution in [0.5, 0.6) is 17.2 Å². The van der Waals surface area contributed by atoms with Crippen LogP contribution in [0.1, 0.15) is 68.9 Å². The molecule has 1 aliphatic heterocycles. The summed E-state index contributed by atoms with van der Waals surface area (Å²) in [5.74, 6) is 0.816. The number of ether oxygens (including phenoxy) is 1. The normalized spacial score (nSPS) is 16.4. The molecule has 1 saturated heterocycles. The van der Waals surface area contributed by atoms with E-state index in [2.05, 4.69) is 77.7 Å². The van der Waals surface area contributed by atoms with Gasteiger partial charge < -0.3 is 14.9 Å². The number of hydrogen-bond donors (Lipinski definition) is 2. The van der Waals surface area contributed by atoms with Gasteiger partial charge in [-0.1, -0.05) is 97.4 Å². The summed E-state index contributed by atoms with van der Waals surface area (Å²) in [6, 6.07) is 47.9. The summed E-state index contributed by atoms with van der Waals surface area (Å²) in [5, 5.41) is 23.1. The maximum absolute atomic E-state index is 14.8. The van der Waals surface area contributed by atoms with E-state index in [4.69, 9.17) is 4.74 Å². The molecule has 268 valence electrons. The van der Waals surface area contributed by atoms with Gasteiger partial charge in [0.05, 0.1) is 5.41 Å². The number of nitrogens with zero attached hydrogens (tertiary/aromatic N) is 1. The number of rotatable bonds is 10. The van der Waals surface area contributed by atoms with Gasteiger partial charge >= 0.3 is 0 Å². The van der Waals surface area contributed by atoms with Gasteiger partial charge in [0.25, 0.3) is 0 Å². The number of hydrogen-bond acceptors (Lipinski definition) is 6. The van der Waals surface area contributed by atoms with Crippen molar-refractivity contribution >= 4 is 27.2 Å². The smallest absolute Gasteiger partial charge is 0.195 e. The van der Waals surface area contributed by atoms with E-state index in [9.17, 15) is 15.0 Å². The Morgan fingerprint density at radius 1 is 0.741 bits per heavy atom. The summed E-state index contributed by atoms with van der Waals surface area (Å²) < 4.78 is 6.93. The van der Waals surface area contributed by atoms with Gasteiger partial charge in [-0.25, -0.2) is 0 Å². The lowest BCUT2D eigenvalue weighted by atomic mass is 9.47. The lowest BCUT2D eigenvalue weighted by molar-refractivity contribution is 0.104. The van der Waals surface area contributed by atoms with Crippen molar-refractivity contribution in [1.29, 1.82) is 0 Å². The lowest BCUT2D eigenvalue weighted by Crippen LogP contribution is -2.47. The van der Waals surface area contributed by atoms with Crippen molar-refractivity contribution in [3.63, 3.8) is 0 Å². The largest absolute Gasteiger partial charge is 0.508 e. The third-order valence-corrected chi connectivity index (χ3v) is 12.5. The van der Waals surface area contributed by atoms with Crippen LogP contribution < -0.4 is 4.74 Å². The minimum Gasteiger partial charge on any atom is -0.508 e. The quantitative estimate of drug-likeness (QED) is 0.137. The predicted octanol–water partition coefficient (Wildman–Crippen LogP) is 10.6. The Bertz CT molecular complexity index is 2400. The van der Waals surface area contributed by atoms with Gasteiger partial charge in [-0.3, -0.25) is 9.69 Å². The van der Waals surface area contributed by atoms with E-state index in [-0.39, 0.29) is 23.2 Å². The molecule has 0 amide bonds. The van der Waals surface area contributed by atoms with Gasteiger partial charge in [-0.05, 0) is 108 Å². The summed E-state index contributed by atoms with van der Waals surface area (Å²) in [4.78, 5) is 18.1. The van der Waals surface area contributed by atoms with E-state index < -0.39 is 5.41 Å². The minimum atomic E-state index is -0.681. The van der Waals surface area contributed by atoms with Crippen molar-refractivity contribution in [1.82, 2.24) is 4.90 Å². The van der Waals surface area contributed by atoms with Crippen molar-refractivity contribution < 1.29 is 19.7 Å². The highest BCUT2D eigenvalue weighted by molar-refractivity contribution is 7.22. The van der Waals surface area contributed by atoms with E-state index in [1.54, 1.807) is 18.2 Å². The van der Waals surface area contributed by atoms with Gasteiger partial charge in [0.15, 0.2) is 5.78 Å². The number of piperidine rings is 1. The standard InChI is InChI=1S/C48H41NO4S/c50-36-21-24-38-41(31-36)54-47(42(38)46(52)33-19-22-37(23-20-33)53-30-29-49-27-11-4-12-28-49)39-25-26-40(51)43-44(32-13-5-1-6-14-32)48(45(39)43,34-15-7-2-8-16-34)35-17-9-3-10-18-35/h1-3,5-10,13-26,31,44,50-51H,4,11-12,27-30H2. The van der Waals surface area contributed by atoms with Crippen molar-refractivity contribution in [3.05, 3.63) is 185 Å². The molecular formula is C48H41NO4S. The van der Waals surface area contributed by atoms with Crippen LogP contribution in [0.15, 0.2) is 146 Å². The lowest BCUT2D eigenvalue weighted by Gasteiger charge is -2.54. The first-order chi connectivity index (χ1) is 26.5. The Labute approximate surface area is 319 Å². The van der Waals surface area contributed by atoms with Crippen LogP contribution in [0, 0.1) is 0 Å². The first-order valence-electron chi connectivity index (χ1n) is 18.8. The number of benzene rings is 6. The second kappa shape index (κ2) is 14.3. The molecule has 1 aliphatic carbocycles. The summed E-state index contributed by atoms with van der Waals surface area (Å²) in [7, 11) is 0. The van der Waals surface area contributed by atoms with Crippen molar-refractivity contribution in [2.75, 3.05) is 26.2 Å². The summed E-state index contributed by atoms with van der Waals surface area (Å²) in [6.07, 6.45) is 3.80. The molecule has 1 unspecified atom stereocenters. The third-order valence-electron chi connectivity index (χ3n) is 11.3. The average molecular weight is 728 g/mol. The molecule has 1 fully saturated rings. The molecule has 2 heterocycles. The zero-order valence-corrected chi connectivity index (χ0v) is 30.8. The maximum Gasteiger partial charge on any atom is 0.195 e. The molecule has 0 saturated carbocycles. The molecule has 2 N–H and O–H groups in total. The predicted molar refractivity (Wildman–Crippen MR) is 217 cm³/mol. The second-order valence-electron chi connectivity index (χ2n) is 14.4. The summed E-state index contributed by atoms with van der Waals surface area (Å²) in [6.45, 7) is 3.75. The molecule has 1 atom stereocenters. The SMILES string of the molecule is O=C(c1ccc(OCCN2CCCCC2)cc1)c1c(-c2ccc(O)c3c2C(c2ccccc2)(c2ccccc2)C3c2ccccc2)sc2cc(O)ccc12. The van der Waals surface area contributed by atoms with Crippen molar-refractivity contribution in [2.45, 2.75) is 30.6 Å². The van der Waals surface area contributed by atoms with Crippen LogP contribution in [0.4, 0.5) is 0 Å². The highest BCUT2D eigenvalue weighted by Crippen LogP contribution is 2.67. The molecule has 54 heavy (non-hydrogen) atoms. The molecular weight excluding hydrogens is 687 g/mol. The van der Waals surface area contributed by atoms with Crippen LogP contribution in [0.3, 0.4) is 0 Å². The first-order valence-corrected chi connectivity index (χ1v) is 19.6. The van der Waals surface area contributed by atoms with Crippen LogP contribution in [0.25, 0.3) is 20.5 Å². The number of ketones is 1. The number of carbonyl (C=O) groups excluding carboxylic acids is 1. The first kappa shape index (κ1) is 34.1. The highest BCUT2D eigenvalue weighted by atomic mass is 32.1. The third kappa shape index (κ3) is 5.77. The molecule has 6 heteroatoms. The van der Waals surface area contributed by atoms with Crippen molar-refractivity contribution in [2.24, 2.45) is 0 Å². The Morgan fingerprint density at radius 2 is 1.39 bits per heavy atom. The minimum absolute atomic E-state index is 0.104. The molecule has 7 aromatic rings. The molecule has 0 bridgehead atoms. The van der Waals surface area contributed by atoms with Crippen molar-refractivity contribution in [3.8, 4) is 27.7 Å². The molecule has 9 rings (SSSR count). The monoisotopic (exact) mass is 727 g/mol. The van der Waals surface area contributed by atoms with E-state index in [0.717, 1.165) is 73.7 Å². The fourth-order valence-corrected chi connectivity index (χ4v) is 10.1. The van der Waals surface area contributed by atoms with Crippen LogP contribution >= 0.6 is 11.3 Å². The van der Waals surface area contributed by atoms with E-state index in [0.29, 0.717) is 17.7 Å². The fourth-order valence-electron chi connectivity index (χ4n) is 8.87. The number of fused-ring (bicyclic) bond motifs is 2. The van der Waals surface area contributed by atoms with Crippen LogP contribution in [-0.2, 0) is 5.41 Å². The van der Waals surface area contributed by atoms with E-state index >= 15 is 0 Å². The Kier molecular flexibility index (Phi) is 9.01. The maximum atomic E-state index is 14.8. The number of aromatic hydroxyl groups is 2. The number of phenolic OH excluding ortho intramolecular Hbond substituents is 2. The Hall–Kier alpha value is -5.69. The average Bonchev–Trinajstić information content (AvgIpc) is 3.59. The topological polar surface area (TPSA) is 70.0 Å². The Morgan fingerprint density at radius 3 is 2.06 bits per heavy atom. The second-order valence-corrected chi connectivity index (χ2v) is 15.4. The Balaban J connectivity index is 1.20. The highest BCUT2D eigenvalue weighted by Gasteiger charge is 2.57. The van der Waals surface area contributed by atoms with E-state index in [1.165, 1.54) is 30.6 Å². The van der Waals surface area contributed by atoms with Gasteiger partial charge in [-0.15, -0.1) is 11.3 Å². The summed E-state index contributed by atoms with van der Waals surface area (Å²) in [5.41, 5.74) is 6.50. The molecule has 2 aliphatic rings. The number of phenols is 2. The molecule has 6 aromatic carbocycles. The molecule has 5 nitrogen and oxygen atoms in total. The molecule has 1 aromatic heterocycles. The van der Waals surface area contributed by atoms with Gasteiger partial charge in [0.2, 0.25) is 0 Å². The number of likely N-dealkylation sites (tertiary alicyclic amines) is 1. The zero-order chi connectivity index (χ0) is 36.6. The molecule has 0 spiro atoms. The summed E-state index contributed by atoms with van der Waals surface area (Å²) >= 11 is 1.50. The van der Waals surface area contributed by atoms with Crippen LogP contribution in [-0.4, -0.2) is 47.1 Å². The number of carbonyl (C=O) groups is 1.